The van der Waals surface area contributed by atoms with Crippen LogP contribution in [0.15, 0.2) is 24.3 Å². The number of anilines is 1. The number of para-hydroxylation sites is 1. The Hall–Kier alpha value is -3.22. The Morgan fingerprint density at radius 1 is 1.18 bits per heavy atom. The van der Waals surface area contributed by atoms with Gasteiger partial charge in [-0.3, -0.25) is 14.4 Å². The lowest BCUT2D eigenvalue weighted by molar-refractivity contribution is -0.117. The van der Waals surface area contributed by atoms with Gasteiger partial charge < -0.3 is 14.6 Å². The SMILES string of the molecule is CC(=O)c1c(C)[nH]c(C(=O)COC(=O)c2ccccc2N2CCCC2=O)c1C. The Balaban J connectivity index is 1.75. The van der Waals surface area contributed by atoms with Crippen molar-refractivity contribution in [3.63, 3.8) is 0 Å². The Morgan fingerprint density at radius 3 is 2.50 bits per heavy atom. The Bertz CT molecular complexity index is 973. The van der Waals surface area contributed by atoms with Crippen LogP contribution >= 0.6 is 0 Å². The van der Waals surface area contributed by atoms with Gasteiger partial charge in [-0.25, -0.2) is 4.79 Å². The summed E-state index contributed by atoms with van der Waals surface area (Å²) >= 11 is 0. The quantitative estimate of drug-likeness (QED) is 0.612. The van der Waals surface area contributed by atoms with Gasteiger partial charge in [0.15, 0.2) is 12.4 Å². The highest BCUT2D eigenvalue weighted by atomic mass is 16.5. The smallest absolute Gasteiger partial charge is 0.340 e. The molecule has 1 N–H and O–H groups in total. The number of H-pyrrole nitrogens is 1. The second-order valence-corrected chi connectivity index (χ2v) is 6.85. The van der Waals surface area contributed by atoms with E-state index < -0.39 is 18.4 Å². The molecule has 28 heavy (non-hydrogen) atoms. The number of hydrogen-bond donors (Lipinski definition) is 1. The molecule has 1 amide bonds. The number of ketones is 2. The summed E-state index contributed by atoms with van der Waals surface area (Å²) in [6, 6.07) is 6.70. The zero-order valence-electron chi connectivity index (χ0n) is 16.1. The molecule has 2 aromatic rings. The number of carbonyl (C=O) groups is 4. The minimum absolute atomic E-state index is 0.0365. The zero-order valence-corrected chi connectivity index (χ0v) is 16.1. The summed E-state index contributed by atoms with van der Waals surface area (Å²) in [5.41, 5.74) is 2.64. The van der Waals surface area contributed by atoms with Gasteiger partial charge in [-0.15, -0.1) is 0 Å². The fourth-order valence-corrected chi connectivity index (χ4v) is 3.62. The Kier molecular flexibility index (Phi) is 5.44. The standard InChI is InChI=1S/C21H22N2O5/c1-12-19(14(3)24)13(2)22-20(12)17(25)11-28-21(27)15-7-4-5-8-16(15)23-10-6-9-18(23)26/h4-5,7-8,22H,6,9-11H2,1-3H3. The number of benzene rings is 1. The molecule has 3 rings (SSSR count). The number of esters is 1. The van der Waals surface area contributed by atoms with Gasteiger partial charge in [-0.2, -0.15) is 0 Å². The average Bonchev–Trinajstić information content (AvgIpc) is 3.21. The first-order valence-electron chi connectivity index (χ1n) is 9.11. The molecule has 1 aliphatic heterocycles. The van der Waals surface area contributed by atoms with Crippen LogP contribution in [0, 0.1) is 13.8 Å². The van der Waals surface area contributed by atoms with Crippen LogP contribution in [0.4, 0.5) is 5.69 Å². The molecule has 7 nitrogen and oxygen atoms in total. The fraction of sp³-hybridized carbons (Fsp3) is 0.333. The van der Waals surface area contributed by atoms with Gasteiger partial charge in [0.25, 0.3) is 0 Å². The predicted molar refractivity (Wildman–Crippen MR) is 103 cm³/mol. The number of carbonyl (C=O) groups excluding carboxylic acids is 4. The maximum Gasteiger partial charge on any atom is 0.340 e. The van der Waals surface area contributed by atoms with E-state index in [1.807, 2.05) is 0 Å². The van der Waals surface area contributed by atoms with Crippen LogP contribution in [0.1, 0.15) is 62.2 Å². The molecule has 0 saturated carbocycles. The molecule has 2 heterocycles. The second kappa shape index (κ2) is 7.80. The highest BCUT2D eigenvalue weighted by Crippen LogP contribution is 2.26. The molecule has 0 unspecified atom stereocenters. The first-order chi connectivity index (χ1) is 13.3. The third kappa shape index (κ3) is 3.60. The second-order valence-electron chi connectivity index (χ2n) is 6.85. The monoisotopic (exact) mass is 382 g/mol. The maximum absolute atomic E-state index is 12.6. The number of aromatic amines is 1. The van der Waals surface area contributed by atoms with Gasteiger partial charge in [-0.05, 0) is 44.9 Å². The fourth-order valence-electron chi connectivity index (χ4n) is 3.62. The van der Waals surface area contributed by atoms with Crippen LogP contribution in [0.5, 0.6) is 0 Å². The van der Waals surface area contributed by atoms with E-state index in [4.69, 9.17) is 4.74 Å². The topological polar surface area (TPSA) is 96.5 Å². The highest BCUT2D eigenvalue weighted by Gasteiger charge is 2.27. The molecule has 0 atom stereocenters. The number of nitrogens with zero attached hydrogens (tertiary/aromatic N) is 1. The Labute approximate surface area is 162 Å². The van der Waals surface area contributed by atoms with E-state index in [9.17, 15) is 19.2 Å². The molecule has 1 aromatic heterocycles. The van der Waals surface area contributed by atoms with E-state index in [0.717, 1.165) is 6.42 Å². The molecule has 7 heteroatoms. The summed E-state index contributed by atoms with van der Waals surface area (Å²) in [5.74, 6) is -1.26. The highest BCUT2D eigenvalue weighted by molar-refractivity contribution is 6.06. The molecule has 0 spiro atoms. The van der Waals surface area contributed by atoms with E-state index in [1.54, 1.807) is 43.0 Å². The summed E-state index contributed by atoms with van der Waals surface area (Å²) in [6.07, 6.45) is 1.19. The molecule has 1 aromatic carbocycles. The van der Waals surface area contributed by atoms with Crippen molar-refractivity contribution in [1.29, 1.82) is 0 Å². The van der Waals surface area contributed by atoms with Crippen molar-refractivity contribution in [3.05, 3.63) is 52.3 Å². The number of hydrogen-bond acceptors (Lipinski definition) is 5. The maximum atomic E-state index is 12.6. The van der Waals surface area contributed by atoms with Crippen LogP contribution < -0.4 is 4.90 Å². The molecule has 0 radical (unpaired) electrons. The number of aromatic nitrogens is 1. The number of Topliss-reactive ketones (excluding diaryl/α,β-unsaturated/α-hetero) is 2. The van der Waals surface area contributed by atoms with Crippen molar-refractivity contribution in [2.75, 3.05) is 18.1 Å². The van der Waals surface area contributed by atoms with Crippen molar-refractivity contribution >= 4 is 29.1 Å². The largest absolute Gasteiger partial charge is 0.454 e. The van der Waals surface area contributed by atoms with E-state index in [2.05, 4.69) is 4.98 Å². The van der Waals surface area contributed by atoms with E-state index in [1.165, 1.54) is 6.92 Å². The summed E-state index contributed by atoms with van der Waals surface area (Å²) < 4.78 is 5.21. The van der Waals surface area contributed by atoms with E-state index >= 15 is 0 Å². The van der Waals surface area contributed by atoms with Crippen molar-refractivity contribution in [1.82, 2.24) is 4.98 Å². The summed E-state index contributed by atoms with van der Waals surface area (Å²) in [7, 11) is 0. The summed E-state index contributed by atoms with van der Waals surface area (Å²) in [5, 5.41) is 0. The molecule has 146 valence electrons. The van der Waals surface area contributed by atoms with Crippen LogP contribution in [0.2, 0.25) is 0 Å². The van der Waals surface area contributed by atoms with Crippen LogP contribution in [0.3, 0.4) is 0 Å². The van der Waals surface area contributed by atoms with Gasteiger partial charge >= 0.3 is 5.97 Å². The Morgan fingerprint density at radius 2 is 1.89 bits per heavy atom. The first kappa shape index (κ1) is 19.5. The van der Waals surface area contributed by atoms with Crippen LogP contribution in [-0.2, 0) is 9.53 Å². The molecule has 0 aliphatic carbocycles. The van der Waals surface area contributed by atoms with Gasteiger partial charge in [0, 0.05) is 24.2 Å². The number of ether oxygens (including phenoxy) is 1. The minimum Gasteiger partial charge on any atom is -0.454 e. The predicted octanol–water partition coefficient (Wildman–Crippen LogP) is 3.00. The minimum atomic E-state index is -0.670. The zero-order chi connectivity index (χ0) is 20.4. The lowest BCUT2D eigenvalue weighted by atomic mass is 10.1. The van der Waals surface area contributed by atoms with Crippen LogP contribution in [-0.4, -0.2) is 41.6 Å². The van der Waals surface area contributed by atoms with Gasteiger partial charge in [-0.1, -0.05) is 12.1 Å². The first-order valence-corrected chi connectivity index (χ1v) is 9.11. The van der Waals surface area contributed by atoms with Crippen molar-refractivity contribution in [2.45, 2.75) is 33.6 Å². The number of amides is 1. The molecule has 1 saturated heterocycles. The van der Waals surface area contributed by atoms with Gasteiger partial charge in [0.05, 0.1) is 16.9 Å². The van der Waals surface area contributed by atoms with Gasteiger partial charge in [0.2, 0.25) is 11.7 Å². The van der Waals surface area contributed by atoms with Crippen molar-refractivity contribution < 1.29 is 23.9 Å². The molecular weight excluding hydrogens is 360 g/mol. The molecule has 1 aliphatic rings. The number of aryl methyl sites for hydroxylation is 1. The normalized spacial score (nSPS) is 13.7. The summed E-state index contributed by atoms with van der Waals surface area (Å²) in [6.45, 7) is 4.93. The lowest BCUT2D eigenvalue weighted by Gasteiger charge is -2.18. The lowest BCUT2D eigenvalue weighted by Crippen LogP contribution is -2.26. The van der Waals surface area contributed by atoms with Crippen LogP contribution in [0.25, 0.3) is 0 Å². The van der Waals surface area contributed by atoms with Crippen molar-refractivity contribution in [3.8, 4) is 0 Å². The van der Waals surface area contributed by atoms with E-state index in [-0.39, 0.29) is 22.9 Å². The average molecular weight is 382 g/mol. The van der Waals surface area contributed by atoms with Gasteiger partial charge in [0.1, 0.15) is 0 Å². The molecule has 0 bridgehead atoms. The van der Waals surface area contributed by atoms with E-state index in [0.29, 0.717) is 35.5 Å². The van der Waals surface area contributed by atoms with Crippen molar-refractivity contribution in [2.24, 2.45) is 0 Å². The molecule has 1 fully saturated rings. The number of nitrogens with one attached hydrogen (secondary N) is 1. The third-order valence-electron chi connectivity index (χ3n) is 4.89. The summed E-state index contributed by atoms with van der Waals surface area (Å²) in [4.78, 5) is 53.3. The molecular formula is C21H22N2O5. The third-order valence-corrected chi connectivity index (χ3v) is 4.89. The number of rotatable bonds is 6.